The lowest BCUT2D eigenvalue weighted by molar-refractivity contribution is 0.115. The van der Waals surface area contributed by atoms with Crippen molar-refractivity contribution in [2.45, 2.75) is 45.8 Å². The lowest BCUT2D eigenvalue weighted by atomic mass is 10.1. The third-order valence-corrected chi connectivity index (χ3v) is 3.71. The number of hydrogen-bond donors (Lipinski definition) is 1. The van der Waals surface area contributed by atoms with E-state index in [-0.39, 0.29) is 0 Å². The van der Waals surface area contributed by atoms with Crippen LogP contribution in [0.5, 0.6) is 0 Å². The third-order valence-electron chi connectivity index (χ3n) is 3.71. The highest BCUT2D eigenvalue weighted by Crippen LogP contribution is 2.12. The summed E-state index contributed by atoms with van der Waals surface area (Å²) in [5.41, 5.74) is 0. The minimum absolute atomic E-state index is 0.423. The zero-order chi connectivity index (χ0) is 12.0. The number of likely N-dealkylation sites (N-methyl/N-ethyl adjacent to an activating group) is 1. The average molecular weight is 228 g/mol. The molecule has 96 valence electrons. The molecule has 0 aromatic rings. The highest BCUT2D eigenvalue weighted by molar-refractivity contribution is 4.84. The predicted octanol–water partition coefficient (Wildman–Crippen LogP) is 1.73. The maximum atomic E-state index is 5.38. The molecule has 16 heavy (non-hydrogen) atoms. The zero-order valence-corrected chi connectivity index (χ0v) is 11.3. The van der Waals surface area contributed by atoms with Crippen LogP contribution in [-0.2, 0) is 4.74 Å². The molecule has 1 heterocycles. The second kappa shape index (κ2) is 7.25. The van der Waals surface area contributed by atoms with Crippen molar-refractivity contribution in [3.8, 4) is 0 Å². The van der Waals surface area contributed by atoms with Gasteiger partial charge in [0.25, 0.3) is 0 Å². The van der Waals surface area contributed by atoms with Crippen LogP contribution in [0, 0.1) is 5.92 Å². The van der Waals surface area contributed by atoms with Crippen molar-refractivity contribution in [2.24, 2.45) is 5.92 Å². The highest BCUT2D eigenvalue weighted by atomic mass is 16.5. The van der Waals surface area contributed by atoms with Gasteiger partial charge in [-0.05, 0) is 18.9 Å². The normalized spacial score (nSPS) is 27.6. The second-order valence-corrected chi connectivity index (χ2v) is 5.06. The van der Waals surface area contributed by atoms with Crippen LogP contribution >= 0.6 is 0 Å². The maximum Gasteiger partial charge on any atom is 0.0711 e. The smallest absolute Gasteiger partial charge is 0.0711 e. The Morgan fingerprint density at radius 2 is 2.19 bits per heavy atom. The van der Waals surface area contributed by atoms with E-state index in [1.54, 1.807) is 0 Å². The van der Waals surface area contributed by atoms with Gasteiger partial charge in [0.15, 0.2) is 0 Å². The molecule has 3 heteroatoms. The molecule has 0 spiro atoms. The molecule has 1 aliphatic heterocycles. The van der Waals surface area contributed by atoms with E-state index >= 15 is 0 Å². The SMILES string of the molecule is CCC(C)CN(CC)CC1CC(OC)CN1. The van der Waals surface area contributed by atoms with Crippen molar-refractivity contribution in [3.63, 3.8) is 0 Å². The van der Waals surface area contributed by atoms with Crippen molar-refractivity contribution in [1.29, 1.82) is 0 Å². The Balaban J connectivity index is 2.28. The summed E-state index contributed by atoms with van der Waals surface area (Å²) in [6.07, 6.45) is 2.86. The fourth-order valence-corrected chi connectivity index (χ4v) is 2.32. The molecule has 0 bridgehead atoms. The number of nitrogens with zero attached hydrogens (tertiary/aromatic N) is 1. The number of ether oxygens (including phenoxy) is 1. The Bertz CT molecular complexity index is 187. The van der Waals surface area contributed by atoms with Gasteiger partial charge < -0.3 is 15.0 Å². The fourth-order valence-electron chi connectivity index (χ4n) is 2.32. The van der Waals surface area contributed by atoms with E-state index in [4.69, 9.17) is 4.74 Å². The molecule has 0 saturated carbocycles. The zero-order valence-electron chi connectivity index (χ0n) is 11.3. The Morgan fingerprint density at radius 1 is 1.44 bits per heavy atom. The van der Waals surface area contributed by atoms with E-state index in [2.05, 4.69) is 31.0 Å². The largest absolute Gasteiger partial charge is 0.380 e. The van der Waals surface area contributed by atoms with Crippen LogP contribution in [0.2, 0.25) is 0 Å². The first-order chi connectivity index (χ1) is 7.69. The number of rotatable bonds is 7. The molecule has 3 unspecified atom stereocenters. The molecular formula is C13H28N2O. The van der Waals surface area contributed by atoms with Crippen LogP contribution < -0.4 is 5.32 Å². The van der Waals surface area contributed by atoms with Gasteiger partial charge in [0.1, 0.15) is 0 Å². The van der Waals surface area contributed by atoms with Crippen LogP contribution in [-0.4, -0.2) is 50.3 Å². The van der Waals surface area contributed by atoms with Crippen molar-refractivity contribution in [1.82, 2.24) is 10.2 Å². The third kappa shape index (κ3) is 4.40. The molecule has 0 radical (unpaired) electrons. The van der Waals surface area contributed by atoms with Crippen molar-refractivity contribution in [2.75, 3.05) is 33.3 Å². The van der Waals surface area contributed by atoms with Gasteiger partial charge in [-0.2, -0.15) is 0 Å². The van der Waals surface area contributed by atoms with Gasteiger partial charge in [-0.25, -0.2) is 0 Å². The van der Waals surface area contributed by atoms with Gasteiger partial charge in [0.2, 0.25) is 0 Å². The summed E-state index contributed by atoms with van der Waals surface area (Å²) in [5, 5.41) is 3.55. The molecular weight excluding hydrogens is 200 g/mol. The van der Waals surface area contributed by atoms with Crippen LogP contribution in [0.1, 0.15) is 33.6 Å². The Labute approximate surface area is 101 Å². The lowest BCUT2D eigenvalue weighted by Crippen LogP contribution is -2.39. The van der Waals surface area contributed by atoms with Gasteiger partial charge in [-0.1, -0.05) is 27.2 Å². The summed E-state index contributed by atoms with van der Waals surface area (Å²) in [5.74, 6) is 0.805. The summed E-state index contributed by atoms with van der Waals surface area (Å²) in [6.45, 7) is 11.4. The molecule has 1 aliphatic rings. The van der Waals surface area contributed by atoms with Gasteiger partial charge >= 0.3 is 0 Å². The molecule has 0 aromatic heterocycles. The van der Waals surface area contributed by atoms with E-state index in [9.17, 15) is 0 Å². The van der Waals surface area contributed by atoms with E-state index in [1.165, 1.54) is 19.5 Å². The lowest BCUT2D eigenvalue weighted by Gasteiger charge is -2.26. The minimum Gasteiger partial charge on any atom is -0.380 e. The summed E-state index contributed by atoms with van der Waals surface area (Å²) in [4.78, 5) is 2.56. The van der Waals surface area contributed by atoms with Crippen molar-refractivity contribution in [3.05, 3.63) is 0 Å². The van der Waals surface area contributed by atoms with Crippen LogP contribution in [0.15, 0.2) is 0 Å². The van der Waals surface area contributed by atoms with Crippen molar-refractivity contribution < 1.29 is 4.74 Å². The molecule has 0 amide bonds. The van der Waals surface area contributed by atoms with E-state index in [1.807, 2.05) is 7.11 Å². The van der Waals surface area contributed by atoms with Gasteiger partial charge in [-0.15, -0.1) is 0 Å². The minimum atomic E-state index is 0.423. The summed E-state index contributed by atoms with van der Waals surface area (Å²) in [7, 11) is 1.81. The average Bonchev–Trinajstić information content (AvgIpc) is 2.75. The highest BCUT2D eigenvalue weighted by Gasteiger charge is 2.25. The van der Waals surface area contributed by atoms with Crippen LogP contribution in [0.4, 0.5) is 0 Å². The van der Waals surface area contributed by atoms with Gasteiger partial charge in [0.05, 0.1) is 6.10 Å². The molecule has 0 aromatic carbocycles. The first kappa shape index (κ1) is 13.9. The summed E-state index contributed by atoms with van der Waals surface area (Å²) >= 11 is 0. The summed E-state index contributed by atoms with van der Waals surface area (Å²) in [6, 6.07) is 0.619. The molecule has 1 saturated heterocycles. The maximum absolute atomic E-state index is 5.38. The van der Waals surface area contributed by atoms with E-state index in [0.717, 1.165) is 25.4 Å². The number of methoxy groups -OCH3 is 1. The first-order valence-corrected chi connectivity index (χ1v) is 6.68. The monoisotopic (exact) mass is 228 g/mol. The fraction of sp³-hybridized carbons (Fsp3) is 1.00. The van der Waals surface area contributed by atoms with Gasteiger partial charge in [0, 0.05) is 32.8 Å². The summed E-state index contributed by atoms with van der Waals surface area (Å²) < 4.78 is 5.38. The molecule has 3 atom stereocenters. The Kier molecular flexibility index (Phi) is 6.32. The van der Waals surface area contributed by atoms with Crippen LogP contribution in [0.25, 0.3) is 0 Å². The molecule has 3 nitrogen and oxygen atoms in total. The van der Waals surface area contributed by atoms with Gasteiger partial charge in [-0.3, -0.25) is 0 Å². The predicted molar refractivity (Wildman–Crippen MR) is 68.8 cm³/mol. The molecule has 1 fully saturated rings. The van der Waals surface area contributed by atoms with Crippen molar-refractivity contribution >= 4 is 0 Å². The molecule has 1 N–H and O–H groups in total. The molecule has 0 aliphatic carbocycles. The van der Waals surface area contributed by atoms with E-state index in [0.29, 0.717) is 12.1 Å². The number of hydrogen-bond acceptors (Lipinski definition) is 3. The second-order valence-electron chi connectivity index (χ2n) is 5.06. The van der Waals surface area contributed by atoms with Crippen LogP contribution in [0.3, 0.4) is 0 Å². The Hall–Kier alpha value is -0.120. The van der Waals surface area contributed by atoms with E-state index < -0.39 is 0 Å². The first-order valence-electron chi connectivity index (χ1n) is 6.68. The Morgan fingerprint density at radius 3 is 2.69 bits per heavy atom. The quantitative estimate of drug-likeness (QED) is 0.718. The standard InChI is InChI=1S/C13H28N2O/c1-5-11(3)9-15(6-2)10-12-7-13(16-4)8-14-12/h11-14H,5-10H2,1-4H3. The topological polar surface area (TPSA) is 24.5 Å². The number of nitrogens with one attached hydrogen (secondary N) is 1. The molecule has 1 rings (SSSR count).